The first-order chi connectivity index (χ1) is 9.28. The summed E-state index contributed by atoms with van der Waals surface area (Å²) in [6.45, 7) is 0.716. The molecule has 19 heavy (non-hydrogen) atoms. The van der Waals surface area contributed by atoms with Gasteiger partial charge in [-0.15, -0.1) is 0 Å². The minimum atomic E-state index is 0.238. The molecule has 100 valence electrons. The van der Waals surface area contributed by atoms with Gasteiger partial charge in [-0.3, -0.25) is 0 Å². The molecule has 3 nitrogen and oxygen atoms in total. The zero-order valence-electron chi connectivity index (χ0n) is 10.6. The number of methoxy groups -OCH3 is 1. The van der Waals surface area contributed by atoms with E-state index in [-0.39, 0.29) is 6.79 Å². The molecule has 0 radical (unpaired) electrons. The average Bonchev–Trinajstić information content (AvgIpc) is 2.45. The number of hydrogen-bond acceptors (Lipinski definition) is 3. The molecule has 2 aromatic carbocycles. The summed E-state index contributed by atoms with van der Waals surface area (Å²) in [6, 6.07) is 15.0. The molecule has 0 atom stereocenters. The Morgan fingerprint density at radius 3 is 2.47 bits per heavy atom. The maximum Gasteiger partial charge on any atom is 0.188 e. The molecule has 0 aliphatic rings. The SMILES string of the molecule is COCOc1cccc(COc2ccc(Cl)cc2)c1. The van der Waals surface area contributed by atoms with E-state index in [0.717, 1.165) is 17.1 Å². The topological polar surface area (TPSA) is 27.7 Å². The maximum atomic E-state index is 5.81. The zero-order chi connectivity index (χ0) is 13.5. The molecule has 0 heterocycles. The van der Waals surface area contributed by atoms with Gasteiger partial charge in [-0.2, -0.15) is 0 Å². The molecule has 0 saturated carbocycles. The Labute approximate surface area is 117 Å². The van der Waals surface area contributed by atoms with Gasteiger partial charge in [-0.1, -0.05) is 23.7 Å². The van der Waals surface area contributed by atoms with E-state index < -0.39 is 0 Å². The normalized spacial score (nSPS) is 10.2. The van der Waals surface area contributed by atoms with E-state index in [0.29, 0.717) is 11.6 Å². The van der Waals surface area contributed by atoms with Crippen molar-refractivity contribution in [2.45, 2.75) is 6.61 Å². The number of ether oxygens (including phenoxy) is 3. The first-order valence-corrected chi connectivity index (χ1v) is 6.25. The fourth-order valence-electron chi connectivity index (χ4n) is 1.55. The fraction of sp³-hybridized carbons (Fsp3) is 0.200. The summed E-state index contributed by atoms with van der Waals surface area (Å²) in [5, 5.41) is 0.697. The van der Waals surface area contributed by atoms with Crippen molar-refractivity contribution in [2.24, 2.45) is 0 Å². The second-order valence-corrected chi connectivity index (χ2v) is 4.38. The summed E-state index contributed by atoms with van der Waals surface area (Å²) in [6.07, 6.45) is 0. The lowest BCUT2D eigenvalue weighted by molar-refractivity contribution is 0.0510. The van der Waals surface area contributed by atoms with Gasteiger partial charge in [0.05, 0.1) is 0 Å². The Morgan fingerprint density at radius 2 is 1.74 bits per heavy atom. The highest BCUT2D eigenvalue weighted by atomic mass is 35.5. The monoisotopic (exact) mass is 278 g/mol. The second kappa shape index (κ2) is 7.02. The van der Waals surface area contributed by atoms with Crippen molar-refractivity contribution >= 4 is 11.6 Å². The van der Waals surface area contributed by atoms with Gasteiger partial charge in [0.2, 0.25) is 0 Å². The summed E-state index contributed by atoms with van der Waals surface area (Å²) < 4.78 is 15.9. The van der Waals surface area contributed by atoms with Gasteiger partial charge in [-0.05, 0) is 42.0 Å². The zero-order valence-corrected chi connectivity index (χ0v) is 11.4. The molecule has 0 spiro atoms. The Kier molecular flexibility index (Phi) is 5.07. The lowest BCUT2D eigenvalue weighted by Crippen LogP contribution is -2.00. The van der Waals surface area contributed by atoms with Crippen molar-refractivity contribution in [3.8, 4) is 11.5 Å². The standard InChI is InChI=1S/C15H15ClO3/c1-17-11-19-15-4-2-3-12(9-15)10-18-14-7-5-13(16)6-8-14/h2-9H,10-11H2,1H3. The van der Waals surface area contributed by atoms with Crippen LogP contribution < -0.4 is 9.47 Å². The molecule has 2 aromatic rings. The summed E-state index contributed by atoms with van der Waals surface area (Å²) >= 11 is 5.81. The van der Waals surface area contributed by atoms with Crippen molar-refractivity contribution in [3.63, 3.8) is 0 Å². The smallest absolute Gasteiger partial charge is 0.188 e. The Hall–Kier alpha value is -1.71. The molecule has 0 fully saturated rings. The minimum absolute atomic E-state index is 0.238. The maximum absolute atomic E-state index is 5.81. The molecule has 4 heteroatoms. The van der Waals surface area contributed by atoms with Gasteiger partial charge < -0.3 is 14.2 Å². The van der Waals surface area contributed by atoms with Crippen LogP contribution in [-0.4, -0.2) is 13.9 Å². The van der Waals surface area contributed by atoms with E-state index in [1.54, 1.807) is 19.2 Å². The van der Waals surface area contributed by atoms with Gasteiger partial charge in [0.1, 0.15) is 18.1 Å². The highest BCUT2D eigenvalue weighted by molar-refractivity contribution is 6.30. The van der Waals surface area contributed by atoms with Gasteiger partial charge in [-0.25, -0.2) is 0 Å². The average molecular weight is 279 g/mol. The quantitative estimate of drug-likeness (QED) is 0.750. The molecule has 0 unspecified atom stereocenters. The first-order valence-electron chi connectivity index (χ1n) is 5.87. The van der Waals surface area contributed by atoms with E-state index in [1.807, 2.05) is 36.4 Å². The number of hydrogen-bond donors (Lipinski definition) is 0. The van der Waals surface area contributed by atoms with Crippen molar-refractivity contribution in [1.29, 1.82) is 0 Å². The summed E-state index contributed by atoms with van der Waals surface area (Å²) in [5.74, 6) is 1.55. The van der Waals surface area contributed by atoms with Crippen molar-refractivity contribution in [2.75, 3.05) is 13.9 Å². The third-order valence-electron chi connectivity index (χ3n) is 2.46. The summed E-state index contributed by atoms with van der Waals surface area (Å²) in [7, 11) is 1.59. The van der Waals surface area contributed by atoms with Crippen LogP contribution in [-0.2, 0) is 11.3 Å². The Morgan fingerprint density at radius 1 is 0.947 bits per heavy atom. The lowest BCUT2D eigenvalue weighted by atomic mass is 10.2. The van der Waals surface area contributed by atoms with Crippen LogP contribution in [0.1, 0.15) is 5.56 Å². The van der Waals surface area contributed by atoms with Crippen LogP contribution >= 0.6 is 11.6 Å². The van der Waals surface area contributed by atoms with Crippen LogP contribution in [0.25, 0.3) is 0 Å². The summed E-state index contributed by atoms with van der Waals surface area (Å²) in [5.41, 5.74) is 1.03. The predicted octanol–water partition coefficient (Wildman–Crippen LogP) is 3.90. The molecule has 0 saturated heterocycles. The molecule has 0 aliphatic carbocycles. The van der Waals surface area contributed by atoms with Crippen molar-refractivity contribution in [1.82, 2.24) is 0 Å². The molecular formula is C15H15ClO3. The third kappa shape index (κ3) is 4.47. The van der Waals surface area contributed by atoms with Crippen molar-refractivity contribution < 1.29 is 14.2 Å². The molecule has 0 aromatic heterocycles. The van der Waals surface area contributed by atoms with E-state index in [2.05, 4.69) is 0 Å². The van der Waals surface area contributed by atoms with Crippen LogP contribution in [0.3, 0.4) is 0 Å². The molecule has 2 rings (SSSR count). The van der Waals surface area contributed by atoms with E-state index in [4.69, 9.17) is 25.8 Å². The second-order valence-electron chi connectivity index (χ2n) is 3.94. The largest absolute Gasteiger partial charge is 0.489 e. The Balaban J connectivity index is 1.93. The Bertz CT molecular complexity index is 511. The van der Waals surface area contributed by atoms with Crippen LogP contribution in [0.2, 0.25) is 5.02 Å². The molecule has 0 bridgehead atoms. The van der Waals surface area contributed by atoms with Gasteiger partial charge in [0.15, 0.2) is 6.79 Å². The minimum Gasteiger partial charge on any atom is -0.489 e. The van der Waals surface area contributed by atoms with Gasteiger partial charge in [0.25, 0.3) is 0 Å². The number of benzene rings is 2. The van der Waals surface area contributed by atoms with E-state index >= 15 is 0 Å². The highest BCUT2D eigenvalue weighted by Crippen LogP contribution is 2.18. The first kappa shape index (κ1) is 13.7. The van der Waals surface area contributed by atoms with Crippen LogP contribution in [0.4, 0.5) is 0 Å². The van der Waals surface area contributed by atoms with Gasteiger partial charge in [0, 0.05) is 12.1 Å². The van der Waals surface area contributed by atoms with Crippen LogP contribution in [0, 0.1) is 0 Å². The highest BCUT2D eigenvalue weighted by Gasteiger charge is 1.99. The number of rotatable bonds is 6. The van der Waals surface area contributed by atoms with Crippen LogP contribution in [0.15, 0.2) is 48.5 Å². The molecule has 0 aliphatic heterocycles. The van der Waals surface area contributed by atoms with Crippen LogP contribution in [0.5, 0.6) is 11.5 Å². The molecule has 0 amide bonds. The summed E-state index contributed by atoms with van der Waals surface area (Å²) in [4.78, 5) is 0. The predicted molar refractivity (Wildman–Crippen MR) is 74.7 cm³/mol. The fourth-order valence-corrected chi connectivity index (χ4v) is 1.68. The molecule has 0 N–H and O–H groups in total. The van der Waals surface area contributed by atoms with Crippen molar-refractivity contribution in [3.05, 3.63) is 59.1 Å². The third-order valence-corrected chi connectivity index (χ3v) is 2.71. The van der Waals surface area contributed by atoms with E-state index in [1.165, 1.54) is 0 Å². The van der Waals surface area contributed by atoms with Gasteiger partial charge >= 0.3 is 0 Å². The van der Waals surface area contributed by atoms with E-state index in [9.17, 15) is 0 Å². The lowest BCUT2D eigenvalue weighted by Gasteiger charge is -2.09. The number of halogens is 1. The molecular weight excluding hydrogens is 264 g/mol.